The zero-order chi connectivity index (χ0) is 17.1. The highest BCUT2D eigenvalue weighted by molar-refractivity contribution is 5.81. The predicted molar refractivity (Wildman–Crippen MR) is 93.7 cm³/mol. The first-order chi connectivity index (χ1) is 10.8. The molecule has 1 fully saturated rings. The Bertz CT molecular complexity index is 556. The molecular formula is C19H30N2O2. The van der Waals surface area contributed by atoms with E-state index in [-0.39, 0.29) is 11.9 Å². The third-order valence-corrected chi connectivity index (χ3v) is 4.80. The van der Waals surface area contributed by atoms with Crippen LogP contribution in [-0.2, 0) is 4.79 Å². The lowest BCUT2D eigenvalue weighted by Gasteiger charge is -2.25. The molecule has 0 radical (unpaired) electrons. The van der Waals surface area contributed by atoms with Crippen LogP contribution < -0.4 is 10.5 Å². The van der Waals surface area contributed by atoms with Gasteiger partial charge in [-0.1, -0.05) is 19.9 Å². The zero-order valence-corrected chi connectivity index (χ0v) is 15.0. The van der Waals surface area contributed by atoms with Crippen molar-refractivity contribution in [1.82, 2.24) is 4.90 Å². The number of nitrogens with zero attached hydrogens (tertiary/aromatic N) is 1. The average Bonchev–Trinajstić information content (AvgIpc) is 2.87. The van der Waals surface area contributed by atoms with Crippen molar-refractivity contribution in [3.63, 3.8) is 0 Å². The molecule has 2 N–H and O–H groups in total. The van der Waals surface area contributed by atoms with Crippen LogP contribution in [-0.4, -0.2) is 36.0 Å². The van der Waals surface area contributed by atoms with Crippen LogP contribution in [0.1, 0.15) is 51.2 Å². The van der Waals surface area contributed by atoms with Gasteiger partial charge in [0.2, 0.25) is 0 Å². The van der Waals surface area contributed by atoms with Gasteiger partial charge < -0.3 is 15.4 Å². The number of rotatable bonds is 5. The third kappa shape index (κ3) is 4.05. The molecule has 0 aromatic heterocycles. The molecule has 1 saturated heterocycles. The van der Waals surface area contributed by atoms with Crippen molar-refractivity contribution in [3.05, 3.63) is 29.3 Å². The minimum absolute atomic E-state index is 0.0547. The second-order valence-corrected chi connectivity index (χ2v) is 7.11. The normalized spacial score (nSPS) is 22.5. The number of aryl methyl sites for hydroxylation is 1. The lowest BCUT2D eigenvalue weighted by molar-refractivity contribution is -0.138. The molecule has 1 amide bonds. The van der Waals surface area contributed by atoms with E-state index in [2.05, 4.69) is 33.8 Å². The molecule has 0 bridgehead atoms. The van der Waals surface area contributed by atoms with E-state index >= 15 is 0 Å². The van der Waals surface area contributed by atoms with Gasteiger partial charge in [-0.15, -0.1) is 0 Å². The maximum Gasteiger partial charge on any atom is 0.263 e. The van der Waals surface area contributed by atoms with Crippen molar-refractivity contribution in [1.29, 1.82) is 0 Å². The number of carbonyl (C=O) groups is 1. The van der Waals surface area contributed by atoms with Gasteiger partial charge in [0.15, 0.2) is 6.10 Å². The SMILES string of the molecule is Cc1cc(OC(C)C(=O)N2CC(CN)CC2C)ccc1C(C)C. The van der Waals surface area contributed by atoms with E-state index in [9.17, 15) is 4.79 Å². The third-order valence-electron chi connectivity index (χ3n) is 4.80. The first-order valence-corrected chi connectivity index (χ1v) is 8.61. The molecule has 128 valence electrons. The minimum atomic E-state index is -0.474. The molecule has 4 heteroatoms. The predicted octanol–water partition coefficient (Wildman–Crippen LogP) is 3.08. The molecule has 2 rings (SSSR count). The highest BCUT2D eigenvalue weighted by Crippen LogP contribution is 2.26. The lowest BCUT2D eigenvalue weighted by Crippen LogP contribution is -2.42. The molecule has 1 aromatic rings. The van der Waals surface area contributed by atoms with E-state index in [1.165, 1.54) is 11.1 Å². The van der Waals surface area contributed by atoms with Crippen LogP contribution in [0, 0.1) is 12.8 Å². The second kappa shape index (κ2) is 7.35. The number of hydrogen-bond acceptors (Lipinski definition) is 3. The van der Waals surface area contributed by atoms with Crippen molar-refractivity contribution in [2.24, 2.45) is 11.7 Å². The van der Waals surface area contributed by atoms with E-state index < -0.39 is 6.10 Å². The first kappa shape index (κ1) is 17.8. The molecule has 1 aliphatic heterocycles. The van der Waals surface area contributed by atoms with E-state index in [0.717, 1.165) is 18.7 Å². The Labute approximate surface area is 140 Å². The smallest absolute Gasteiger partial charge is 0.263 e. The maximum atomic E-state index is 12.6. The summed E-state index contributed by atoms with van der Waals surface area (Å²) in [6.45, 7) is 11.7. The Morgan fingerprint density at radius 2 is 2.09 bits per heavy atom. The summed E-state index contributed by atoms with van der Waals surface area (Å²) in [4.78, 5) is 14.6. The Balaban J connectivity index is 2.03. The number of hydrogen-bond donors (Lipinski definition) is 1. The molecule has 1 heterocycles. The van der Waals surface area contributed by atoms with Crippen LogP contribution in [0.25, 0.3) is 0 Å². The van der Waals surface area contributed by atoms with Gasteiger partial charge in [0.05, 0.1) is 0 Å². The maximum absolute atomic E-state index is 12.6. The van der Waals surface area contributed by atoms with Gasteiger partial charge in [-0.05, 0) is 68.8 Å². The highest BCUT2D eigenvalue weighted by atomic mass is 16.5. The van der Waals surface area contributed by atoms with Crippen molar-refractivity contribution in [2.45, 2.75) is 59.1 Å². The van der Waals surface area contributed by atoms with Gasteiger partial charge in [0.1, 0.15) is 5.75 Å². The van der Waals surface area contributed by atoms with Gasteiger partial charge in [0, 0.05) is 12.6 Å². The molecule has 0 aliphatic carbocycles. The van der Waals surface area contributed by atoms with E-state index in [4.69, 9.17) is 10.5 Å². The Hall–Kier alpha value is -1.55. The van der Waals surface area contributed by atoms with Crippen LogP contribution in [0.5, 0.6) is 5.75 Å². The molecular weight excluding hydrogens is 288 g/mol. The number of carbonyl (C=O) groups excluding carboxylic acids is 1. The monoisotopic (exact) mass is 318 g/mol. The number of ether oxygens (including phenoxy) is 1. The fraction of sp³-hybridized carbons (Fsp3) is 0.632. The molecule has 4 nitrogen and oxygen atoms in total. The number of amides is 1. The fourth-order valence-corrected chi connectivity index (χ4v) is 3.48. The van der Waals surface area contributed by atoms with Gasteiger partial charge in [-0.2, -0.15) is 0 Å². The van der Waals surface area contributed by atoms with Crippen LogP contribution >= 0.6 is 0 Å². The first-order valence-electron chi connectivity index (χ1n) is 8.61. The van der Waals surface area contributed by atoms with Gasteiger partial charge in [0.25, 0.3) is 5.91 Å². The summed E-state index contributed by atoms with van der Waals surface area (Å²) in [7, 11) is 0. The second-order valence-electron chi connectivity index (χ2n) is 7.11. The number of nitrogens with two attached hydrogens (primary N) is 1. The lowest BCUT2D eigenvalue weighted by atomic mass is 9.98. The molecule has 3 unspecified atom stereocenters. The summed E-state index contributed by atoms with van der Waals surface area (Å²) in [5, 5.41) is 0. The minimum Gasteiger partial charge on any atom is -0.481 e. The molecule has 0 spiro atoms. The van der Waals surface area contributed by atoms with Crippen molar-refractivity contribution >= 4 is 5.91 Å². The largest absolute Gasteiger partial charge is 0.481 e. The van der Waals surface area contributed by atoms with Crippen LogP contribution in [0.3, 0.4) is 0 Å². The van der Waals surface area contributed by atoms with E-state index in [1.807, 2.05) is 24.0 Å². The quantitative estimate of drug-likeness (QED) is 0.907. The van der Waals surface area contributed by atoms with E-state index in [0.29, 0.717) is 18.4 Å². The van der Waals surface area contributed by atoms with Crippen LogP contribution in [0.2, 0.25) is 0 Å². The van der Waals surface area contributed by atoms with Gasteiger partial charge in [-0.3, -0.25) is 4.79 Å². The summed E-state index contributed by atoms with van der Waals surface area (Å²) in [5.74, 6) is 1.71. The summed E-state index contributed by atoms with van der Waals surface area (Å²) in [6, 6.07) is 6.32. The summed E-state index contributed by atoms with van der Waals surface area (Å²) < 4.78 is 5.90. The molecule has 3 atom stereocenters. The summed E-state index contributed by atoms with van der Waals surface area (Å²) >= 11 is 0. The Kier molecular flexibility index (Phi) is 5.69. The van der Waals surface area contributed by atoms with E-state index in [1.54, 1.807) is 0 Å². The summed E-state index contributed by atoms with van der Waals surface area (Å²) in [6.07, 6.45) is 0.509. The summed E-state index contributed by atoms with van der Waals surface area (Å²) in [5.41, 5.74) is 8.26. The molecule has 0 saturated carbocycles. The van der Waals surface area contributed by atoms with Crippen LogP contribution in [0.15, 0.2) is 18.2 Å². The van der Waals surface area contributed by atoms with Crippen molar-refractivity contribution in [2.75, 3.05) is 13.1 Å². The van der Waals surface area contributed by atoms with Crippen molar-refractivity contribution < 1.29 is 9.53 Å². The number of likely N-dealkylation sites (tertiary alicyclic amines) is 1. The van der Waals surface area contributed by atoms with Gasteiger partial charge in [-0.25, -0.2) is 0 Å². The molecule has 1 aromatic carbocycles. The fourth-order valence-electron chi connectivity index (χ4n) is 3.48. The Morgan fingerprint density at radius 1 is 1.39 bits per heavy atom. The van der Waals surface area contributed by atoms with Crippen molar-refractivity contribution in [3.8, 4) is 5.75 Å². The average molecular weight is 318 g/mol. The van der Waals surface area contributed by atoms with Gasteiger partial charge >= 0.3 is 0 Å². The molecule has 1 aliphatic rings. The van der Waals surface area contributed by atoms with Crippen LogP contribution in [0.4, 0.5) is 0 Å². The zero-order valence-electron chi connectivity index (χ0n) is 15.0. The standard InChI is InChI=1S/C19H30N2O2/c1-12(2)18-7-6-17(8-13(18)3)23-15(5)19(22)21-11-16(10-20)9-14(21)4/h6-8,12,14-16H,9-11,20H2,1-5H3. The molecule has 23 heavy (non-hydrogen) atoms. The Morgan fingerprint density at radius 3 is 2.61 bits per heavy atom. The highest BCUT2D eigenvalue weighted by Gasteiger charge is 2.34. The number of benzene rings is 1. The topological polar surface area (TPSA) is 55.6 Å².